The lowest BCUT2D eigenvalue weighted by atomic mass is 9.83. The van der Waals surface area contributed by atoms with Gasteiger partial charge in [-0.25, -0.2) is 4.79 Å². The van der Waals surface area contributed by atoms with Crippen LogP contribution in [0.1, 0.15) is 123 Å². The van der Waals surface area contributed by atoms with E-state index in [1.54, 1.807) is 12.1 Å². The molecule has 9 nitrogen and oxygen atoms in total. The number of anilines is 1. The number of nitrogens with one attached hydrogen (secondary N) is 1. The highest BCUT2D eigenvalue weighted by Gasteiger charge is 2.32. The lowest BCUT2D eigenvalue weighted by Gasteiger charge is -2.23. The largest absolute Gasteiger partial charge is 0.335 e. The molecule has 2 atom stereocenters. The lowest BCUT2D eigenvalue weighted by Crippen LogP contribution is -2.30. The zero-order chi connectivity index (χ0) is 29.0. The summed E-state index contributed by atoms with van der Waals surface area (Å²) in [5, 5.41) is 18.2. The molecule has 40 heavy (non-hydrogen) atoms. The van der Waals surface area contributed by atoms with Crippen LogP contribution in [0.4, 0.5) is 5.69 Å². The zero-order valence-corrected chi connectivity index (χ0v) is 24.4. The Balaban J connectivity index is 1.81. The van der Waals surface area contributed by atoms with Crippen molar-refractivity contribution < 1.29 is 19.3 Å². The van der Waals surface area contributed by atoms with Gasteiger partial charge < -0.3 is 10.2 Å². The number of pyridine rings is 1. The minimum atomic E-state index is -0.878. The monoisotopic (exact) mass is 556 g/mol. The van der Waals surface area contributed by atoms with Gasteiger partial charge in [-0.3, -0.25) is 19.9 Å². The van der Waals surface area contributed by atoms with Gasteiger partial charge in [0.15, 0.2) is 5.71 Å². The minimum absolute atomic E-state index is 0.161. The second kappa shape index (κ2) is 19.9. The smallest absolute Gasteiger partial charge is 0.320 e. The number of nitro groups is 1. The quantitative estimate of drug-likeness (QED) is 0.0609. The molecule has 1 aliphatic carbocycles. The third kappa shape index (κ3) is 13.8. The third-order valence-corrected chi connectivity index (χ3v) is 7.42. The van der Waals surface area contributed by atoms with Gasteiger partial charge in [0.1, 0.15) is 0 Å². The molecule has 1 amide bonds. The Hall–Kier alpha value is -3.10. The summed E-state index contributed by atoms with van der Waals surface area (Å²) in [7, 11) is 0. The first-order chi connectivity index (χ1) is 19.4. The van der Waals surface area contributed by atoms with E-state index in [4.69, 9.17) is 4.84 Å². The molecule has 1 saturated carbocycles. The van der Waals surface area contributed by atoms with Crippen LogP contribution < -0.4 is 5.32 Å². The van der Waals surface area contributed by atoms with Crippen molar-refractivity contribution in [2.75, 3.05) is 5.32 Å². The Labute approximate surface area is 239 Å². The molecule has 0 radical (unpaired) electrons. The third-order valence-electron chi connectivity index (χ3n) is 7.42. The minimum Gasteiger partial charge on any atom is -0.320 e. The van der Waals surface area contributed by atoms with E-state index >= 15 is 0 Å². The first kappa shape index (κ1) is 33.1. The second-order valence-electron chi connectivity index (χ2n) is 11.0. The number of unbranched alkanes of at least 4 members (excludes halogenated alkanes) is 12. The van der Waals surface area contributed by atoms with Crippen LogP contribution in [0, 0.1) is 16.0 Å². The van der Waals surface area contributed by atoms with Gasteiger partial charge in [0.05, 0.1) is 0 Å². The first-order valence-corrected chi connectivity index (χ1v) is 15.2. The van der Waals surface area contributed by atoms with Crippen LogP contribution in [0.25, 0.3) is 0 Å². The highest BCUT2D eigenvalue weighted by Crippen LogP contribution is 2.30. The average molecular weight is 557 g/mol. The summed E-state index contributed by atoms with van der Waals surface area (Å²) in [5.74, 6) is -0.864. The fourth-order valence-electron chi connectivity index (χ4n) is 5.04. The average Bonchev–Trinajstić information content (AvgIpc) is 2.94. The van der Waals surface area contributed by atoms with Crippen LogP contribution in [0.15, 0.2) is 41.3 Å². The molecule has 2 unspecified atom stereocenters. The highest BCUT2D eigenvalue weighted by molar-refractivity contribution is 6.47. The summed E-state index contributed by atoms with van der Waals surface area (Å²) in [6.07, 6.45) is 22.1. The standard InChI is InChI=1S/C31H48N4O5/c1-3-4-5-6-7-8-9-10-11-12-13-14-15-16-30(36)40-34-28(31(37)33-27-19-21-32-22-20-27)24-26-23-25(2)17-18-29(26)35(38)39/h19-22,24-25,29H,3-18,23H2,1-2H3,(H,32,33,37)/b26-24+,34-28+. The molecule has 1 aromatic heterocycles. The molecule has 0 aromatic carbocycles. The molecule has 0 saturated heterocycles. The van der Waals surface area contributed by atoms with Crippen molar-refractivity contribution in [1.29, 1.82) is 0 Å². The molecule has 0 aliphatic heterocycles. The summed E-state index contributed by atoms with van der Waals surface area (Å²) >= 11 is 0. The van der Waals surface area contributed by atoms with Gasteiger partial charge in [-0.2, -0.15) is 0 Å². The number of carbonyl (C=O) groups excluding carboxylic acids is 2. The van der Waals surface area contributed by atoms with Crippen LogP contribution in [-0.2, 0) is 14.4 Å². The number of amides is 1. The molecule has 1 heterocycles. The van der Waals surface area contributed by atoms with Crippen molar-refractivity contribution in [3.63, 3.8) is 0 Å². The molecule has 2 rings (SSSR count). The Morgan fingerprint density at radius 2 is 1.57 bits per heavy atom. The number of aromatic nitrogens is 1. The predicted molar refractivity (Wildman–Crippen MR) is 159 cm³/mol. The van der Waals surface area contributed by atoms with Crippen molar-refractivity contribution in [1.82, 2.24) is 4.98 Å². The molecule has 1 aromatic rings. The molecule has 222 valence electrons. The molecule has 9 heteroatoms. The lowest BCUT2D eigenvalue weighted by molar-refractivity contribution is -0.515. The Bertz CT molecular complexity index is 964. The van der Waals surface area contributed by atoms with Gasteiger partial charge in [0, 0.05) is 41.4 Å². The van der Waals surface area contributed by atoms with E-state index in [2.05, 4.69) is 22.4 Å². The van der Waals surface area contributed by atoms with Gasteiger partial charge in [-0.05, 0) is 43.4 Å². The van der Waals surface area contributed by atoms with E-state index in [0.29, 0.717) is 30.5 Å². The van der Waals surface area contributed by atoms with Crippen LogP contribution >= 0.6 is 0 Å². The van der Waals surface area contributed by atoms with Gasteiger partial charge in [-0.15, -0.1) is 0 Å². The molecule has 1 N–H and O–H groups in total. The van der Waals surface area contributed by atoms with E-state index in [9.17, 15) is 19.7 Å². The van der Waals surface area contributed by atoms with Crippen molar-refractivity contribution in [3.8, 4) is 0 Å². The molecule has 1 aliphatic rings. The maximum Gasteiger partial charge on any atom is 0.335 e. The fourth-order valence-corrected chi connectivity index (χ4v) is 5.04. The first-order valence-electron chi connectivity index (χ1n) is 15.2. The number of nitrogens with zero attached hydrogens (tertiary/aromatic N) is 3. The van der Waals surface area contributed by atoms with Crippen molar-refractivity contribution >= 4 is 23.3 Å². The van der Waals surface area contributed by atoms with Crippen molar-refractivity contribution in [3.05, 3.63) is 46.3 Å². The highest BCUT2D eigenvalue weighted by atomic mass is 16.7. The van der Waals surface area contributed by atoms with Crippen LogP contribution in [-0.4, -0.2) is 33.5 Å². The molecule has 0 bridgehead atoms. The van der Waals surface area contributed by atoms with Crippen LogP contribution in [0.3, 0.4) is 0 Å². The maximum absolute atomic E-state index is 13.0. The Kier molecular flexibility index (Phi) is 16.5. The van der Waals surface area contributed by atoms with E-state index in [1.165, 1.54) is 82.7 Å². The van der Waals surface area contributed by atoms with Gasteiger partial charge in [0.2, 0.25) is 6.04 Å². The van der Waals surface area contributed by atoms with Gasteiger partial charge in [-0.1, -0.05) is 96.1 Å². The van der Waals surface area contributed by atoms with Crippen LogP contribution in [0.2, 0.25) is 0 Å². The van der Waals surface area contributed by atoms with Crippen molar-refractivity contribution in [2.45, 2.75) is 129 Å². The van der Waals surface area contributed by atoms with Gasteiger partial charge >= 0.3 is 5.97 Å². The number of carbonyl (C=O) groups is 2. The van der Waals surface area contributed by atoms with E-state index in [-0.39, 0.29) is 23.0 Å². The SMILES string of the molecule is CCCCCCCCCCCCCCCC(=O)O/N=C(\C=C1/CC(C)CCC1[N+](=O)[O-])C(=O)Nc1ccncc1. The zero-order valence-electron chi connectivity index (χ0n) is 24.4. The molecule has 0 spiro atoms. The molecular weight excluding hydrogens is 508 g/mol. The summed E-state index contributed by atoms with van der Waals surface area (Å²) < 4.78 is 0. The van der Waals surface area contributed by atoms with Gasteiger partial charge in [0.25, 0.3) is 5.91 Å². The number of rotatable bonds is 19. The van der Waals surface area contributed by atoms with E-state index in [0.717, 1.165) is 19.3 Å². The Morgan fingerprint density at radius 1 is 1.00 bits per heavy atom. The number of oxime groups is 1. The summed E-state index contributed by atoms with van der Waals surface area (Å²) in [4.78, 5) is 45.6. The molecule has 1 fully saturated rings. The Morgan fingerprint density at radius 3 is 2.15 bits per heavy atom. The topological polar surface area (TPSA) is 124 Å². The van der Waals surface area contributed by atoms with E-state index < -0.39 is 17.9 Å². The predicted octanol–water partition coefficient (Wildman–Crippen LogP) is 7.79. The second-order valence-corrected chi connectivity index (χ2v) is 11.0. The normalized spacial score (nSPS) is 18.4. The number of hydrogen-bond acceptors (Lipinski definition) is 7. The fraction of sp³-hybridized carbons (Fsp3) is 0.677. The van der Waals surface area contributed by atoms with Crippen LogP contribution in [0.5, 0.6) is 0 Å². The van der Waals surface area contributed by atoms with Crippen molar-refractivity contribution in [2.24, 2.45) is 11.1 Å². The maximum atomic E-state index is 13.0. The summed E-state index contributed by atoms with van der Waals surface area (Å²) in [6, 6.07) is 2.36. The summed E-state index contributed by atoms with van der Waals surface area (Å²) in [6.45, 7) is 4.26. The number of hydrogen-bond donors (Lipinski definition) is 1. The molecular formula is C31H48N4O5. The van der Waals surface area contributed by atoms with E-state index in [1.807, 2.05) is 6.92 Å². The summed E-state index contributed by atoms with van der Waals surface area (Å²) in [5.41, 5.74) is 0.846.